The van der Waals surface area contributed by atoms with Crippen LogP contribution >= 0.6 is 11.8 Å². The normalized spacial score (nSPS) is 12.5. The highest BCUT2D eigenvalue weighted by Gasteiger charge is 2.10. The van der Waals surface area contributed by atoms with Crippen LogP contribution < -0.4 is 10.5 Å². The van der Waals surface area contributed by atoms with E-state index in [0.717, 1.165) is 23.5 Å². The van der Waals surface area contributed by atoms with Gasteiger partial charge in [-0.25, -0.2) is 0 Å². The highest BCUT2D eigenvalue weighted by Crippen LogP contribution is 2.26. The van der Waals surface area contributed by atoms with Crippen molar-refractivity contribution in [2.75, 3.05) is 18.6 Å². The van der Waals surface area contributed by atoms with Crippen LogP contribution in [0.5, 0.6) is 5.75 Å². The molecule has 0 aromatic heterocycles. The van der Waals surface area contributed by atoms with Crippen molar-refractivity contribution in [2.24, 2.45) is 5.73 Å². The van der Waals surface area contributed by atoms with E-state index in [2.05, 4.69) is 12.3 Å². The number of nitrogens with two attached hydrogens (primary N) is 1. The van der Waals surface area contributed by atoms with Crippen molar-refractivity contribution in [1.29, 1.82) is 0 Å². The Morgan fingerprint density at radius 2 is 2.13 bits per heavy atom. The fraction of sp³-hybridized carbons (Fsp3) is 0.500. The molecule has 1 aromatic carbocycles. The number of thioether (sulfide) groups is 1. The van der Waals surface area contributed by atoms with Crippen molar-refractivity contribution < 1.29 is 4.74 Å². The van der Waals surface area contributed by atoms with Crippen molar-refractivity contribution in [1.82, 2.24) is 0 Å². The van der Waals surface area contributed by atoms with Gasteiger partial charge in [-0.3, -0.25) is 0 Å². The Bertz CT molecular complexity index is 291. The summed E-state index contributed by atoms with van der Waals surface area (Å²) in [6, 6.07) is 8.11. The molecule has 0 amide bonds. The third kappa shape index (κ3) is 3.76. The standard InChI is InChI=1S/C12H19NOS/c1-3-14-12-7-5-4-6-10(12)11(13)8-9-15-2/h4-7,11H,3,8-9,13H2,1-2H3. The number of hydrogen-bond donors (Lipinski definition) is 1. The van der Waals surface area contributed by atoms with Gasteiger partial charge in [-0.15, -0.1) is 0 Å². The summed E-state index contributed by atoms with van der Waals surface area (Å²) >= 11 is 1.82. The Kier molecular flexibility index (Phi) is 5.58. The van der Waals surface area contributed by atoms with Gasteiger partial charge in [0, 0.05) is 11.6 Å². The minimum absolute atomic E-state index is 0.0835. The number of para-hydroxylation sites is 1. The van der Waals surface area contributed by atoms with Crippen LogP contribution in [-0.4, -0.2) is 18.6 Å². The van der Waals surface area contributed by atoms with Gasteiger partial charge in [-0.1, -0.05) is 18.2 Å². The molecule has 2 nitrogen and oxygen atoms in total. The van der Waals surface area contributed by atoms with Crippen LogP contribution in [0.4, 0.5) is 0 Å². The molecular formula is C12H19NOS. The van der Waals surface area contributed by atoms with Gasteiger partial charge in [0.2, 0.25) is 0 Å². The van der Waals surface area contributed by atoms with Gasteiger partial charge in [-0.2, -0.15) is 11.8 Å². The van der Waals surface area contributed by atoms with Gasteiger partial charge in [-0.05, 0) is 31.4 Å². The molecular weight excluding hydrogens is 206 g/mol. The van der Waals surface area contributed by atoms with Crippen LogP contribution in [0.1, 0.15) is 24.9 Å². The minimum atomic E-state index is 0.0835. The van der Waals surface area contributed by atoms with E-state index in [1.165, 1.54) is 0 Å². The molecule has 0 aliphatic carbocycles. The van der Waals surface area contributed by atoms with Gasteiger partial charge < -0.3 is 10.5 Å². The van der Waals surface area contributed by atoms with Gasteiger partial charge in [0.15, 0.2) is 0 Å². The van der Waals surface area contributed by atoms with Gasteiger partial charge in [0.1, 0.15) is 5.75 Å². The van der Waals surface area contributed by atoms with Crippen molar-refractivity contribution in [3.05, 3.63) is 29.8 Å². The summed E-state index contributed by atoms with van der Waals surface area (Å²) in [6.07, 6.45) is 3.09. The van der Waals surface area contributed by atoms with Crippen molar-refractivity contribution in [2.45, 2.75) is 19.4 Å². The maximum atomic E-state index is 6.12. The van der Waals surface area contributed by atoms with E-state index in [0.29, 0.717) is 6.61 Å². The average Bonchev–Trinajstić information content (AvgIpc) is 2.27. The van der Waals surface area contributed by atoms with Crippen LogP contribution in [0.2, 0.25) is 0 Å². The third-order valence-corrected chi connectivity index (χ3v) is 2.90. The molecule has 0 fully saturated rings. The van der Waals surface area contributed by atoms with Gasteiger partial charge in [0.25, 0.3) is 0 Å². The van der Waals surface area contributed by atoms with Crippen LogP contribution in [0, 0.1) is 0 Å². The van der Waals surface area contributed by atoms with Crippen molar-refractivity contribution in [3.63, 3.8) is 0 Å². The molecule has 1 atom stereocenters. The predicted molar refractivity (Wildman–Crippen MR) is 67.5 cm³/mol. The molecule has 2 N–H and O–H groups in total. The zero-order valence-electron chi connectivity index (χ0n) is 9.40. The molecule has 84 valence electrons. The molecule has 0 aliphatic heterocycles. The first kappa shape index (κ1) is 12.4. The molecule has 15 heavy (non-hydrogen) atoms. The Morgan fingerprint density at radius 3 is 2.80 bits per heavy atom. The van der Waals surface area contributed by atoms with E-state index in [4.69, 9.17) is 10.5 Å². The molecule has 0 spiro atoms. The Balaban J connectivity index is 2.72. The Morgan fingerprint density at radius 1 is 1.40 bits per heavy atom. The van der Waals surface area contributed by atoms with E-state index >= 15 is 0 Å². The summed E-state index contributed by atoms with van der Waals surface area (Å²) in [4.78, 5) is 0. The molecule has 0 radical (unpaired) electrons. The van der Waals surface area contributed by atoms with Crippen LogP contribution in [0.25, 0.3) is 0 Å². The fourth-order valence-electron chi connectivity index (χ4n) is 1.47. The predicted octanol–water partition coefficient (Wildman–Crippen LogP) is 2.84. The molecule has 1 aromatic rings. The molecule has 1 unspecified atom stereocenters. The lowest BCUT2D eigenvalue weighted by Crippen LogP contribution is -2.12. The number of rotatable bonds is 6. The number of ether oxygens (including phenoxy) is 1. The topological polar surface area (TPSA) is 35.2 Å². The molecule has 0 saturated carbocycles. The summed E-state index contributed by atoms with van der Waals surface area (Å²) in [5.41, 5.74) is 7.24. The molecule has 0 bridgehead atoms. The fourth-order valence-corrected chi connectivity index (χ4v) is 1.96. The summed E-state index contributed by atoms with van der Waals surface area (Å²) in [5, 5.41) is 0. The largest absolute Gasteiger partial charge is 0.494 e. The van der Waals surface area contributed by atoms with Crippen molar-refractivity contribution >= 4 is 11.8 Å². The SMILES string of the molecule is CCOc1ccccc1C(N)CCSC. The first-order valence-corrected chi connectivity index (χ1v) is 6.65. The first-order valence-electron chi connectivity index (χ1n) is 5.25. The molecule has 0 aliphatic rings. The van der Waals surface area contributed by atoms with Crippen molar-refractivity contribution in [3.8, 4) is 5.75 Å². The zero-order valence-corrected chi connectivity index (χ0v) is 10.2. The van der Waals surface area contributed by atoms with E-state index < -0.39 is 0 Å². The quantitative estimate of drug-likeness (QED) is 0.808. The van der Waals surface area contributed by atoms with E-state index in [9.17, 15) is 0 Å². The highest BCUT2D eigenvalue weighted by atomic mass is 32.2. The maximum Gasteiger partial charge on any atom is 0.124 e. The lowest BCUT2D eigenvalue weighted by molar-refractivity contribution is 0.334. The molecule has 3 heteroatoms. The number of hydrogen-bond acceptors (Lipinski definition) is 3. The first-order chi connectivity index (χ1) is 7.29. The third-order valence-electron chi connectivity index (χ3n) is 2.25. The lowest BCUT2D eigenvalue weighted by Gasteiger charge is -2.15. The second-order valence-corrected chi connectivity index (χ2v) is 4.34. The van der Waals surface area contributed by atoms with Crippen LogP contribution in [-0.2, 0) is 0 Å². The van der Waals surface area contributed by atoms with Crippen LogP contribution in [0.15, 0.2) is 24.3 Å². The smallest absolute Gasteiger partial charge is 0.124 e. The lowest BCUT2D eigenvalue weighted by atomic mass is 10.0. The second-order valence-electron chi connectivity index (χ2n) is 3.36. The van der Waals surface area contributed by atoms with Gasteiger partial charge in [0.05, 0.1) is 6.61 Å². The zero-order chi connectivity index (χ0) is 11.1. The summed E-state index contributed by atoms with van der Waals surface area (Å²) in [6.45, 7) is 2.68. The van der Waals surface area contributed by atoms with Crippen LogP contribution in [0.3, 0.4) is 0 Å². The van der Waals surface area contributed by atoms with E-state index in [-0.39, 0.29) is 6.04 Å². The average molecular weight is 225 g/mol. The van der Waals surface area contributed by atoms with Gasteiger partial charge >= 0.3 is 0 Å². The Labute approximate surface area is 96.2 Å². The summed E-state index contributed by atoms with van der Waals surface area (Å²) in [7, 11) is 0. The Hall–Kier alpha value is -0.670. The number of benzene rings is 1. The summed E-state index contributed by atoms with van der Waals surface area (Å²) in [5.74, 6) is 2.01. The maximum absolute atomic E-state index is 6.12. The molecule has 0 saturated heterocycles. The molecule has 0 heterocycles. The van der Waals surface area contributed by atoms with E-state index in [1.807, 2.05) is 36.9 Å². The highest BCUT2D eigenvalue weighted by molar-refractivity contribution is 7.98. The molecule has 1 rings (SSSR count). The van der Waals surface area contributed by atoms with E-state index in [1.54, 1.807) is 0 Å². The second kappa shape index (κ2) is 6.75. The monoisotopic (exact) mass is 225 g/mol. The minimum Gasteiger partial charge on any atom is -0.494 e. The summed E-state index contributed by atoms with van der Waals surface area (Å²) < 4.78 is 5.55.